The lowest BCUT2D eigenvalue weighted by Crippen LogP contribution is -2.30. The first-order chi connectivity index (χ1) is 9.65. The monoisotopic (exact) mass is 273 g/mol. The van der Waals surface area contributed by atoms with Crippen molar-refractivity contribution in [1.82, 2.24) is 15.5 Å². The van der Waals surface area contributed by atoms with Gasteiger partial charge in [0.1, 0.15) is 0 Å². The molecular weight excluding hydrogens is 250 g/mol. The summed E-state index contributed by atoms with van der Waals surface area (Å²) in [7, 11) is 1.97. The van der Waals surface area contributed by atoms with Crippen molar-refractivity contribution in [3.63, 3.8) is 0 Å². The van der Waals surface area contributed by atoms with Gasteiger partial charge in [-0.3, -0.25) is 0 Å². The molecule has 1 aromatic carbocycles. The Morgan fingerprint density at radius 1 is 1.30 bits per heavy atom. The Kier molecular flexibility index (Phi) is 4.90. The Hall–Kier alpha value is -1.68. The van der Waals surface area contributed by atoms with Gasteiger partial charge in [-0.25, -0.2) is 0 Å². The van der Waals surface area contributed by atoms with E-state index >= 15 is 0 Å². The Balaban J connectivity index is 2.11. The van der Waals surface area contributed by atoms with Gasteiger partial charge in [-0.05, 0) is 31.5 Å². The average molecular weight is 273 g/mol. The minimum Gasteiger partial charge on any atom is -0.339 e. The molecule has 0 amide bonds. The first-order valence-electron chi connectivity index (χ1n) is 7.20. The van der Waals surface area contributed by atoms with Crippen LogP contribution in [0.3, 0.4) is 0 Å². The van der Waals surface area contributed by atoms with Gasteiger partial charge in [0.05, 0.1) is 5.92 Å². The lowest BCUT2D eigenvalue weighted by atomic mass is 10.00. The van der Waals surface area contributed by atoms with E-state index in [4.69, 9.17) is 4.52 Å². The van der Waals surface area contributed by atoms with Crippen LogP contribution in [0, 0.1) is 6.92 Å². The van der Waals surface area contributed by atoms with E-state index in [1.54, 1.807) is 0 Å². The molecule has 108 valence electrons. The fourth-order valence-electron chi connectivity index (χ4n) is 2.48. The highest BCUT2D eigenvalue weighted by molar-refractivity contribution is 5.28. The molecule has 4 heteroatoms. The number of nitrogens with one attached hydrogen (secondary N) is 1. The summed E-state index contributed by atoms with van der Waals surface area (Å²) in [4.78, 5) is 4.55. The van der Waals surface area contributed by atoms with Crippen LogP contribution in [0.2, 0.25) is 0 Å². The zero-order chi connectivity index (χ0) is 14.5. The molecule has 1 N–H and O–H groups in total. The summed E-state index contributed by atoms with van der Waals surface area (Å²) in [5.74, 6) is 1.70. The minimum absolute atomic E-state index is 0.225. The van der Waals surface area contributed by atoms with Crippen LogP contribution >= 0.6 is 0 Å². The summed E-state index contributed by atoms with van der Waals surface area (Å²) in [6.07, 6.45) is 1.76. The molecule has 2 aromatic rings. The second-order valence-corrected chi connectivity index (χ2v) is 5.24. The van der Waals surface area contributed by atoms with Gasteiger partial charge in [0, 0.05) is 12.5 Å². The van der Waals surface area contributed by atoms with Crippen LogP contribution in [0.5, 0.6) is 0 Å². The third kappa shape index (κ3) is 3.25. The molecule has 0 aliphatic rings. The third-order valence-corrected chi connectivity index (χ3v) is 3.90. The van der Waals surface area contributed by atoms with Crippen molar-refractivity contribution in [2.24, 2.45) is 0 Å². The van der Waals surface area contributed by atoms with E-state index in [-0.39, 0.29) is 5.92 Å². The molecule has 0 aliphatic heterocycles. The standard InChI is InChI=1S/C16H23N3O/c1-5-14(17-4)12(3)16-18-15(19-20-16)10-13-9-7-6-8-11(13)2/h6-9,12,14,17H,5,10H2,1-4H3. The highest BCUT2D eigenvalue weighted by Crippen LogP contribution is 2.20. The van der Waals surface area contributed by atoms with Crippen LogP contribution in [-0.2, 0) is 6.42 Å². The Labute approximate surface area is 120 Å². The molecule has 0 bridgehead atoms. The van der Waals surface area contributed by atoms with E-state index in [9.17, 15) is 0 Å². The predicted molar refractivity (Wildman–Crippen MR) is 79.8 cm³/mol. The van der Waals surface area contributed by atoms with Gasteiger partial charge in [0.15, 0.2) is 5.82 Å². The van der Waals surface area contributed by atoms with Gasteiger partial charge < -0.3 is 9.84 Å². The lowest BCUT2D eigenvalue weighted by Gasteiger charge is -2.18. The molecular formula is C16H23N3O. The first-order valence-corrected chi connectivity index (χ1v) is 7.20. The molecule has 0 spiro atoms. The fourth-order valence-corrected chi connectivity index (χ4v) is 2.48. The number of aromatic nitrogens is 2. The van der Waals surface area contributed by atoms with Crippen molar-refractivity contribution < 1.29 is 4.52 Å². The molecule has 1 aromatic heterocycles. The fraction of sp³-hybridized carbons (Fsp3) is 0.500. The predicted octanol–water partition coefficient (Wildman–Crippen LogP) is 3.07. The first kappa shape index (κ1) is 14.7. The maximum atomic E-state index is 5.42. The number of hydrogen-bond donors (Lipinski definition) is 1. The molecule has 20 heavy (non-hydrogen) atoms. The van der Waals surface area contributed by atoms with E-state index < -0.39 is 0 Å². The maximum Gasteiger partial charge on any atom is 0.231 e. The van der Waals surface area contributed by atoms with Crippen molar-refractivity contribution in [2.75, 3.05) is 7.05 Å². The molecule has 0 saturated carbocycles. The molecule has 1 heterocycles. The summed E-state index contributed by atoms with van der Waals surface area (Å²) >= 11 is 0. The molecule has 2 atom stereocenters. The SMILES string of the molecule is CCC(NC)C(C)c1nc(Cc2ccccc2C)no1. The van der Waals surface area contributed by atoms with Crippen molar-refractivity contribution in [2.45, 2.75) is 45.6 Å². The quantitative estimate of drug-likeness (QED) is 0.878. The zero-order valence-electron chi connectivity index (χ0n) is 12.7. The van der Waals surface area contributed by atoms with Crippen molar-refractivity contribution >= 4 is 0 Å². The van der Waals surface area contributed by atoms with Gasteiger partial charge in [0.25, 0.3) is 0 Å². The van der Waals surface area contributed by atoms with Crippen molar-refractivity contribution in [1.29, 1.82) is 0 Å². The number of hydrogen-bond acceptors (Lipinski definition) is 4. The average Bonchev–Trinajstić information content (AvgIpc) is 2.91. The summed E-state index contributed by atoms with van der Waals surface area (Å²) in [5, 5.41) is 7.40. The molecule has 2 rings (SSSR count). The second-order valence-electron chi connectivity index (χ2n) is 5.24. The van der Waals surface area contributed by atoms with E-state index in [2.05, 4.69) is 48.4 Å². The van der Waals surface area contributed by atoms with Crippen LogP contribution in [0.15, 0.2) is 28.8 Å². The summed E-state index contributed by atoms with van der Waals surface area (Å²) < 4.78 is 5.42. The van der Waals surface area contributed by atoms with E-state index in [0.717, 1.165) is 24.6 Å². The van der Waals surface area contributed by atoms with Gasteiger partial charge in [-0.2, -0.15) is 4.98 Å². The molecule has 0 saturated heterocycles. The smallest absolute Gasteiger partial charge is 0.231 e. The topological polar surface area (TPSA) is 51.0 Å². The Morgan fingerprint density at radius 3 is 2.70 bits per heavy atom. The molecule has 0 radical (unpaired) electrons. The molecule has 4 nitrogen and oxygen atoms in total. The minimum atomic E-state index is 0.225. The zero-order valence-corrected chi connectivity index (χ0v) is 12.7. The van der Waals surface area contributed by atoms with E-state index in [1.165, 1.54) is 11.1 Å². The highest BCUT2D eigenvalue weighted by Gasteiger charge is 2.21. The molecule has 0 fully saturated rings. The van der Waals surface area contributed by atoms with Gasteiger partial charge in [-0.15, -0.1) is 0 Å². The summed E-state index contributed by atoms with van der Waals surface area (Å²) in [6, 6.07) is 8.66. The van der Waals surface area contributed by atoms with E-state index in [0.29, 0.717) is 6.04 Å². The highest BCUT2D eigenvalue weighted by atomic mass is 16.5. The number of nitrogens with zero attached hydrogens (tertiary/aromatic N) is 2. The largest absolute Gasteiger partial charge is 0.339 e. The second kappa shape index (κ2) is 6.66. The Morgan fingerprint density at radius 2 is 2.05 bits per heavy atom. The third-order valence-electron chi connectivity index (χ3n) is 3.90. The summed E-state index contributed by atoms with van der Waals surface area (Å²) in [5.41, 5.74) is 2.50. The van der Waals surface area contributed by atoms with E-state index in [1.807, 2.05) is 19.2 Å². The Bertz CT molecular complexity index is 546. The molecule has 2 unspecified atom stereocenters. The summed E-state index contributed by atoms with van der Waals surface area (Å²) in [6.45, 7) is 6.38. The van der Waals surface area contributed by atoms with Crippen LogP contribution in [-0.4, -0.2) is 23.2 Å². The lowest BCUT2D eigenvalue weighted by molar-refractivity contribution is 0.324. The van der Waals surface area contributed by atoms with Gasteiger partial charge in [-0.1, -0.05) is 43.3 Å². The van der Waals surface area contributed by atoms with Gasteiger partial charge in [0.2, 0.25) is 5.89 Å². The number of likely N-dealkylation sites (N-methyl/N-ethyl adjacent to an activating group) is 1. The van der Waals surface area contributed by atoms with Crippen LogP contribution in [0.25, 0.3) is 0 Å². The van der Waals surface area contributed by atoms with Gasteiger partial charge >= 0.3 is 0 Å². The van der Waals surface area contributed by atoms with Crippen LogP contribution < -0.4 is 5.32 Å². The van der Waals surface area contributed by atoms with Crippen LogP contribution in [0.1, 0.15) is 49.0 Å². The number of aryl methyl sites for hydroxylation is 1. The maximum absolute atomic E-state index is 5.42. The normalized spacial score (nSPS) is 14.2. The molecule has 0 aliphatic carbocycles. The van der Waals surface area contributed by atoms with Crippen molar-refractivity contribution in [3.05, 3.63) is 47.1 Å². The number of rotatable bonds is 6. The van der Waals surface area contributed by atoms with Crippen LogP contribution in [0.4, 0.5) is 0 Å². The number of benzene rings is 1. The van der Waals surface area contributed by atoms with Crippen molar-refractivity contribution in [3.8, 4) is 0 Å².